The van der Waals surface area contributed by atoms with Crippen molar-refractivity contribution in [3.05, 3.63) is 41.5 Å². The van der Waals surface area contributed by atoms with E-state index in [-0.39, 0.29) is 17.7 Å². The summed E-state index contributed by atoms with van der Waals surface area (Å²) in [6.07, 6.45) is -0.174. The van der Waals surface area contributed by atoms with Gasteiger partial charge in [-0.3, -0.25) is 4.90 Å². The van der Waals surface area contributed by atoms with Crippen LogP contribution in [0.2, 0.25) is 0 Å². The Morgan fingerprint density at radius 2 is 2.05 bits per heavy atom. The van der Waals surface area contributed by atoms with Crippen LogP contribution in [-0.4, -0.2) is 36.1 Å². The Kier molecular flexibility index (Phi) is 3.91. The van der Waals surface area contributed by atoms with Crippen LogP contribution < -0.4 is 0 Å². The van der Waals surface area contributed by atoms with Crippen LogP contribution in [0.5, 0.6) is 0 Å². The van der Waals surface area contributed by atoms with E-state index in [1.807, 2.05) is 51.2 Å². The Balaban J connectivity index is 2.11. The van der Waals surface area contributed by atoms with Crippen molar-refractivity contribution in [2.75, 3.05) is 13.6 Å². The van der Waals surface area contributed by atoms with E-state index >= 15 is 0 Å². The first-order chi connectivity index (χ1) is 9.05. The van der Waals surface area contributed by atoms with Crippen LogP contribution in [0.1, 0.15) is 32.4 Å². The monoisotopic (exact) mass is 259 g/mol. The second-order valence-electron chi connectivity index (χ2n) is 5.25. The molecular formula is C16H21NO2. The molecule has 1 aliphatic carbocycles. The molecule has 0 spiro atoms. The maximum atomic E-state index is 11.1. The molecule has 0 heterocycles. The highest BCUT2D eigenvalue weighted by atomic mass is 16.5. The molecule has 0 amide bonds. The normalized spacial score (nSPS) is 27.2. The number of benzene rings is 1. The fourth-order valence-electron chi connectivity index (χ4n) is 2.49. The lowest BCUT2D eigenvalue weighted by Crippen LogP contribution is -2.35. The molecule has 1 saturated carbocycles. The molecular weight excluding hydrogens is 238 g/mol. The molecule has 0 aromatic heterocycles. The van der Waals surface area contributed by atoms with E-state index in [1.54, 1.807) is 0 Å². The van der Waals surface area contributed by atoms with Gasteiger partial charge in [-0.25, -0.2) is 4.79 Å². The summed E-state index contributed by atoms with van der Waals surface area (Å²) in [7, 11) is 2.01. The van der Waals surface area contributed by atoms with E-state index in [0.717, 1.165) is 17.7 Å². The van der Waals surface area contributed by atoms with E-state index in [0.29, 0.717) is 0 Å². The van der Waals surface area contributed by atoms with Gasteiger partial charge in [0.25, 0.3) is 0 Å². The first-order valence-corrected chi connectivity index (χ1v) is 6.72. The maximum absolute atomic E-state index is 11.1. The summed E-state index contributed by atoms with van der Waals surface area (Å²) in [5, 5.41) is 0. The first kappa shape index (κ1) is 14.0. The molecule has 3 unspecified atom stereocenters. The van der Waals surface area contributed by atoms with Crippen LogP contribution in [0.15, 0.2) is 35.9 Å². The van der Waals surface area contributed by atoms with Gasteiger partial charge in [-0.05, 0) is 33.0 Å². The fourth-order valence-corrected chi connectivity index (χ4v) is 2.49. The molecule has 1 aliphatic rings. The van der Waals surface area contributed by atoms with Gasteiger partial charge in [-0.15, -0.1) is 0 Å². The molecule has 1 aromatic rings. The number of ether oxygens (including phenoxy) is 1. The molecule has 2 rings (SSSR count). The van der Waals surface area contributed by atoms with Crippen molar-refractivity contribution < 1.29 is 9.53 Å². The number of hydrogen-bond donors (Lipinski definition) is 0. The van der Waals surface area contributed by atoms with E-state index in [2.05, 4.69) is 17.8 Å². The summed E-state index contributed by atoms with van der Waals surface area (Å²) in [4.78, 5) is 13.2. The van der Waals surface area contributed by atoms with Gasteiger partial charge in [0.1, 0.15) is 12.0 Å². The third-order valence-corrected chi connectivity index (χ3v) is 4.22. The highest BCUT2D eigenvalue weighted by Crippen LogP contribution is 2.49. The van der Waals surface area contributed by atoms with E-state index < -0.39 is 0 Å². The molecule has 3 nitrogen and oxygen atoms in total. The molecule has 0 N–H and O–H groups in total. The van der Waals surface area contributed by atoms with Crippen LogP contribution in [0, 0.1) is 0 Å². The summed E-state index contributed by atoms with van der Waals surface area (Å²) < 4.78 is 6.05. The van der Waals surface area contributed by atoms with Gasteiger partial charge in [0.2, 0.25) is 0 Å². The molecule has 0 radical (unpaired) electrons. The van der Waals surface area contributed by atoms with Crippen molar-refractivity contribution in [3.63, 3.8) is 0 Å². The molecule has 102 valence electrons. The number of rotatable bonds is 5. The minimum atomic E-state index is -0.292. The van der Waals surface area contributed by atoms with Gasteiger partial charge in [0.05, 0.1) is 17.2 Å². The standard InChI is InChI=1S/C16H21NO2/c1-5-17(4)16(3)14(11-18)15(16)19-12(2)13-9-7-6-8-10-13/h6-10,12,15H,5H2,1-4H3. The van der Waals surface area contributed by atoms with Crippen LogP contribution >= 0.6 is 0 Å². The summed E-state index contributed by atoms with van der Waals surface area (Å²) in [6.45, 7) is 7.01. The summed E-state index contributed by atoms with van der Waals surface area (Å²) >= 11 is 0. The van der Waals surface area contributed by atoms with E-state index in [1.165, 1.54) is 0 Å². The average Bonchev–Trinajstić information content (AvgIpc) is 3.03. The largest absolute Gasteiger partial charge is 0.363 e. The molecule has 0 aliphatic heterocycles. The number of carbonyl (C=O) groups excluding carboxylic acids is 1. The van der Waals surface area contributed by atoms with Crippen molar-refractivity contribution >= 4 is 5.94 Å². The van der Waals surface area contributed by atoms with Crippen LogP contribution in [-0.2, 0) is 9.53 Å². The van der Waals surface area contributed by atoms with Gasteiger partial charge in [-0.2, -0.15) is 0 Å². The zero-order chi connectivity index (χ0) is 14.0. The predicted molar refractivity (Wildman–Crippen MR) is 75.6 cm³/mol. The average molecular weight is 259 g/mol. The van der Waals surface area contributed by atoms with Gasteiger partial charge < -0.3 is 4.74 Å². The van der Waals surface area contributed by atoms with Gasteiger partial charge >= 0.3 is 0 Å². The highest BCUT2D eigenvalue weighted by Gasteiger charge is 2.62. The van der Waals surface area contributed by atoms with Crippen molar-refractivity contribution in [2.45, 2.75) is 38.5 Å². The zero-order valence-electron chi connectivity index (χ0n) is 12.0. The lowest BCUT2D eigenvalue weighted by molar-refractivity contribution is 0.0223. The Hall–Kier alpha value is -1.41. The summed E-state index contributed by atoms with van der Waals surface area (Å²) in [5.41, 5.74) is 1.56. The van der Waals surface area contributed by atoms with Gasteiger partial charge in [-0.1, -0.05) is 37.3 Å². The molecule has 0 saturated heterocycles. The van der Waals surface area contributed by atoms with Crippen molar-refractivity contribution in [2.24, 2.45) is 0 Å². The second kappa shape index (κ2) is 5.30. The molecule has 19 heavy (non-hydrogen) atoms. The molecule has 3 atom stereocenters. The van der Waals surface area contributed by atoms with Crippen molar-refractivity contribution in [3.8, 4) is 0 Å². The van der Waals surface area contributed by atoms with Gasteiger partial charge in [0.15, 0.2) is 0 Å². The Labute approximate surface area is 114 Å². The molecule has 3 heteroatoms. The maximum Gasteiger partial charge on any atom is 0.128 e. The number of hydrogen-bond acceptors (Lipinski definition) is 3. The van der Waals surface area contributed by atoms with E-state index in [9.17, 15) is 4.79 Å². The predicted octanol–water partition coefficient (Wildman–Crippen LogP) is 2.61. The third-order valence-electron chi connectivity index (χ3n) is 4.22. The lowest BCUT2D eigenvalue weighted by Gasteiger charge is -2.23. The quantitative estimate of drug-likeness (QED) is 0.761. The smallest absolute Gasteiger partial charge is 0.128 e. The topological polar surface area (TPSA) is 29.5 Å². The lowest BCUT2D eigenvalue weighted by atomic mass is 10.1. The first-order valence-electron chi connectivity index (χ1n) is 6.72. The second-order valence-corrected chi connectivity index (χ2v) is 5.25. The Morgan fingerprint density at radius 3 is 2.58 bits per heavy atom. The molecule has 1 aromatic carbocycles. The number of nitrogens with zero attached hydrogens (tertiary/aromatic N) is 1. The Bertz CT molecular complexity index is 493. The third kappa shape index (κ3) is 2.37. The van der Waals surface area contributed by atoms with Crippen LogP contribution in [0.4, 0.5) is 0 Å². The highest BCUT2D eigenvalue weighted by molar-refractivity contribution is 5.69. The minimum absolute atomic E-state index is 0.0263. The summed E-state index contributed by atoms with van der Waals surface area (Å²) in [5.74, 6) is 2.05. The molecule has 0 bridgehead atoms. The minimum Gasteiger partial charge on any atom is -0.363 e. The zero-order valence-corrected chi connectivity index (χ0v) is 12.0. The summed E-state index contributed by atoms with van der Waals surface area (Å²) in [6, 6.07) is 10.1. The van der Waals surface area contributed by atoms with Crippen molar-refractivity contribution in [1.29, 1.82) is 0 Å². The number of likely N-dealkylation sites (N-methyl/N-ethyl adjacent to an activating group) is 1. The fraction of sp³-hybridized carbons (Fsp3) is 0.500. The molecule has 1 fully saturated rings. The van der Waals surface area contributed by atoms with E-state index in [4.69, 9.17) is 4.74 Å². The van der Waals surface area contributed by atoms with Gasteiger partial charge in [0, 0.05) is 0 Å². The SMILES string of the molecule is CCN(C)C1(C)C(=C=O)C1OC(C)c1ccccc1. The van der Waals surface area contributed by atoms with Crippen LogP contribution in [0.3, 0.4) is 0 Å². The Morgan fingerprint density at radius 1 is 1.42 bits per heavy atom. The van der Waals surface area contributed by atoms with Crippen molar-refractivity contribution in [1.82, 2.24) is 4.90 Å². The van der Waals surface area contributed by atoms with Crippen LogP contribution in [0.25, 0.3) is 0 Å².